The van der Waals surface area contributed by atoms with Crippen molar-refractivity contribution in [1.82, 2.24) is 5.32 Å². The Bertz CT molecular complexity index is 411. The van der Waals surface area contributed by atoms with Crippen molar-refractivity contribution in [3.8, 4) is 5.75 Å². The van der Waals surface area contributed by atoms with Gasteiger partial charge in [-0.05, 0) is 43.9 Å². The lowest BCUT2D eigenvalue weighted by molar-refractivity contribution is 0.0955. The zero-order chi connectivity index (χ0) is 13.5. The molecule has 0 radical (unpaired) electrons. The Hall–Kier alpha value is -1.51. The highest BCUT2D eigenvalue weighted by atomic mass is 16.5. The number of carbonyl (C=O) groups is 1. The van der Waals surface area contributed by atoms with E-state index in [0.717, 1.165) is 12.4 Å². The highest BCUT2D eigenvalue weighted by Gasteiger charge is 2.14. The first-order valence-electron chi connectivity index (χ1n) is 7.30. The molecule has 1 fully saturated rings. The van der Waals surface area contributed by atoms with Gasteiger partial charge in [0.05, 0.1) is 6.61 Å². The molecule has 0 unspecified atom stereocenters. The fourth-order valence-electron chi connectivity index (χ4n) is 2.56. The first-order valence-corrected chi connectivity index (χ1v) is 7.30. The molecule has 1 aliphatic carbocycles. The van der Waals surface area contributed by atoms with Crippen LogP contribution >= 0.6 is 0 Å². The predicted octanol–water partition coefficient (Wildman–Crippen LogP) is 3.40. The van der Waals surface area contributed by atoms with Crippen molar-refractivity contribution in [2.24, 2.45) is 5.92 Å². The Balaban J connectivity index is 1.89. The molecule has 0 heterocycles. The summed E-state index contributed by atoms with van der Waals surface area (Å²) in [5.74, 6) is 1.45. The predicted molar refractivity (Wildman–Crippen MR) is 76.5 cm³/mol. The summed E-state index contributed by atoms with van der Waals surface area (Å²) in [7, 11) is 0. The second-order valence-electron chi connectivity index (χ2n) is 5.20. The van der Waals surface area contributed by atoms with Crippen LogP contribution < -0.4 is 10.1 Å². The minimum absolute atomic E-state index is 0.0365. The number of amides is 1. The maximum absolute atomic E-state index is 11.7. The van der Waals surface area contributed by atoms with Crippen LogP contribution in [0.3, 0.4) is 0 Å². The van der Waals surface area contributed by atoms with Gasteiger partial charge >= 0.3 is 0 Å². The Morgan fingerprint density at radius 1 is 1.32 bits per heavy atom. The van der Waals surface area contributed by atoms with E-state index in [1.807, 2.05) is 31.2 Å². The van der Waals surface area contributed by atoms with Gasteiger partial charge in [0.25, 0.3) is 5.91 Å². The van der Waals surface area contributed by atoms with Gasteiger partial charge in [-0.2, -0.15) is 0 Å². The van der Waals surface area contributed by atoms with Crippen LogP contribution in [-0.2, 0) is 0 Å². The summed E-state index contributed by atoms with van der Waals surface area (Å²) in [4.78, 5) is 11.7. The lowest BCUT2D eigenvalue weighted by atomic mass is 9.90. The number of rotatable bonds is 5. The van der Waals surface area contributed by atoms with Crippen molar-refractivity contribution in [2.45, 2.75) is 39.0 Å². The number of nitrogens with one attached hydrogen (secondary N) is 1. The highest BCUT2D eigenvalue weighted by molar-refractivity contribution is 5.94. The summed E-state index contributed by atoms with van der Waals surface area (Å²) in [6, 6.07) is 7.44. The lowest BCUT2D eigenvalue weighted by Gasteiger charge is -2.21. The molecule has 0 aromatic heterocycles. The van der Waals surface area contributed by atoms with Gasteiger partial charge < -0.3 is 10.1 Å². The van der Waals surface area contributed by atoms with Crippen molar-refractivity contribution in [3.05, 3.63) is 29.8 Å². The number of hydrogen-bond acceptors (Lipinski definition) is 2. The molecule has 3 nitrogen and oxygen atoms in total. The average molecular weight is 261 g/mol. The van der Waals surface area contributed by atoms with Crippen molar-refractivity contribution < 1.29 is 9.53 Å². The van der Waals surface area contributed by atoms with Crippen molar-refractivity contribution in [3.63, 3.8) is 0 Å². The molecule has 0 aliphatic heterocycles. The van der Waals surface area contributed by atoms with Crippen LogP contribution in [0.25, 0.3) is 0 Å². The van der Waals surface area contributed by atoms with E-state index in [9.17, 15) is 4.79 Å². The molecular formula is C16H23NO2. The number of ether oxygens (including phenoxy) is 1. The third kappa shape index (κ3) is 4.27. The van der Waals surface area contributed by atoms with Crippen molar-refractivity contribution in [1.29, 1.82) is 0 Å². The van der Waals surface area contributed by atoms with Crippen LogP contribution in [-0.4, -0.2) is 19.1 Å². The summed E-state index contributed by atoms with van der Waals surface area (Å²) < 4.78 is 5.83. The van der Waals surface area contributed by atoms with E-state index in [0.29, 0.717) is 18.0 Å². The number of carbonyl (C=O) groups excluding carboxylic acids is 1. The minimum atomic E-state index is -0.0365. The smallest absolute Gasteiger partial charge is 0.251 e. The summed E-state index contributed by atoms with van der Waals surface area (Å²) in [6.45, 7) is 3.34. The van der Waals surface area contributed by atoms with E-state index in [1.54, 1.807) is 0 Å². The molecule has 104 valence electrons. The molecule has 1 saturated carbocycles. The monoisotopic (exact) mass is 261 g/mol. The number of benzene rings is 1. The van der Waals surface area contributed by atoms with Crippen LogP contribution in [0, 0.1) is 5.92 Å². The zero-order valence-electron chi connectivity index (χ0n) is 11.7. The summed E-state index contributed by atoms with van der Waals surface area (Å²) in [5.41, 5.74) is 0.669. The Morgan fingerprint density at radius 2 is 2.11 bits per heavy atom. The van der Waals surface area contributed by atoms with Gasteiger partial charge in [0.15, 0.2) is 0 Å². The van der Waals surface area contributed by atoms with Crippen LogP contribution in [0.15, 0.2) is 24.3 Å². The molecule has 19 heavy (non-hydrogen) atoms. The van der Waals surface area contributed by atoms with Gasteiger partial charge in [0, 0.05) is 12.1 Å². The molecule has 2 rings (SSSR count). The fraction of sp³-hybridized carbons (Fsp3) is 0.562. The Morgan fingerprint density at radius 3 is 2.84 bits per heavy atom. The average Bonchev–Trinajstić information content (AvgIpc) is 2.47. The van der Waals surface area contributed by atoms with Gasteiger partial charge in [0.2, 0.25) is 0 Å². The molecule has 3 heteroatoms. The molecule has 1 aromatic rings. The third-order valence-electron chi connectivity index (χ3n) is 3.64. The standard InChI is InChI=1S/C16H23NO2/c1-2-17-16(18)14-9-6-10-15(11-14)19-12-13-7-4-3-5-8-13/h6,9-11,13H,2-5,7-8,12H2,1H3,(H,17,18). The maximum atomic E-state index is 11.7. The fourth-order valence-corrected chi connectivity index (χ4v) is 2.56. The topological polar surface area (TPSA) is 38.3 Å². The molecule has 1 aliphatic rings. The first kappa shape index (κ1) is 13.9. The summed E-state index contributed by atoms with van der Waals surface area (Å²) >= 11 is 0. The minimum Gasteiger partial charge on any atom is -0.493 e. The van der Waals surface area contributed by atoms with E-state index < -0.39 is 0 Å². The van der Waals surface area contributed by atoms with Crippen LogP contribution in [0.5, 0.6) is 5.75 Å². The second kappa shape index (κ2) is 7.17. The maximum Gasteiger partial charge on any atom is 0.251 e. The molecule has 0 saturated heterocycles. The second-order valence-corrected chi connectivity index (χ2v) is 5.20. The highest BCUT2D eigenvalue weighted by Crippen LogP contribution is 2.24. The van der Waals surface area contributed by atoms with Crippen LogP contribution in [0.2, 0.25) is 0 Å². The van der Waals surface area contributed by atoms with Crippen LogP contribution in [0.4, 0.5) is 0 Å². The molecule has 1 amide bonds. The van der Waals surface area contributed by atoms with Gasteiger partial charge in [-0.25, -0.2) is 0 Å². The summed E-state index contributed by atoms with van der Waals surface area (Å²) in [6.07, 6.45) is 6.56. The van der Waals surface area contributed by atoms with Gasteiger partial charge in [-0.1, -0.05) is 25.3 Å². The van der Waals surface area contributed by atoms with E-state index in [1.165, 1.54) is 32.1 Å². The zero-order valence-corrected chi connectivity index (χ0v) is 11.7. The van der Waals surface area contributed by atoms with E-state index in [4.69, 9.17) is 4.74 Å². The first-order chi connectivity index (χ1) is 9.29. The molecule has 1 aromatic carbocycles. The normalized spacial score (nSPS) is 16.1. The molecule has 0 atom stereocenters. The van der Waals surface area contributed by atoms with Gasteiger partial charge in [0.1, 0.15) is 5.75 Å². The van der Waals surface area contributed by atoms with E-state index in [2.05, 4.69) is 5.32 Å². The molecule has 1 N–H and O–H groups in total. The van der Waals surface area contributed by atoms with E-state index in [-0.39, 0.29) is 5.91 Å². The summed E-state index contributed by atoms with van der Waals surface area (Å²) in [5, 5.41) is 2.80. The largest absolute Gasteiger partial charge is 0.493 e. The molecular weight excluding hydrogens is 238 g/mol. The van der Waals surface area contributed by atoms with Crippen molar-refractivity contribution in [2.75, 3.05) is 13.2 Å². The number of hydrogen-bond donors (Lipinski definition) is 1. The SMILES string of the molecule is CCNC(=O)c1cccc(OCC2CCCCC2)c1. The Kier molecular flexibility index (Phi) is 5.25. The lowest BCUT2D eigenvalue weighted by Crippen LogP contribution is -2.22. The van der Waals surface area contributed by atoms with E-state index >= 15 is 0 Å². The molecule has 0 bridgehead atoms. The van der Waals surface area contributed by atoms with Crippen LogP contribution in [0.1, 0.15) is 49.4 Å². The quantitative estimate of drug-likeness (QED) is 0.882. The van der Waals surface area contributed by atoms with Gasteiger partial charge in [-0.3, -0.25) is 4.79 Å². The molecule has 0 spiro atoms. The third-order valence-corrected chi connectivity index (χ3v) is 3.64. The Labute approximate surface area is 115 Å². The van der Waals surface area contributed by atoms with Gasteiger partial charge in [-0.15, -0.1) is 0 Å². The van der Waals surface area contributed by atoms with Crippen molar-refractivity contribution >= 4 is 5.91 Å².